The van der Waals surface area contributed by atoms with E-state index in [1.54, 1.807) is 0 Å². The van der Waals surface area contributed by atoms with E-state index in [0.29, 0.717) is 6.10 Å². The number of hydrogen-bond donors (Lipinski definition) is 2. The van der Waals surface area contributed by atoms with Crippen molar-refractivity contribution in [1.82, 2.24) is 5.32 Å². The average molecular weight is 248 g/mol. The van der Waals surface area contributed by atoms with E-state index >= 15 is 0 Å². The quantitative estimate of drug-likeness (QED) is 0.858. The lowest BCUT2D eigenvalue weighted by molar-refractivity contribution is 0.0258. The number of ether oxygens (including phenoxy) is 1. The highest BCUT2D eigenvalue weighted by atomic mass is 16.5. The number of nitrogens with one attached hydrogen (secondary N) is 2. The Morgan fingerprint density at radius 3 is 2.83 bits per heavy atom. The molecule has 0 spiro atoms. The molecule has 0 amide bonds. The van der Waals surface area contributed by atoms with E-state index in [9.17, 15) is 0 Å². The van der Waals surface area contributed by atoms with Crippen LogP contribution < -0.4 is 10.6 Å². The van der Waals surface area contributed by atoms with Crippen LogP contribution in [0.4, 0.5) is 5.69 Å². The number of hydrogen-bond acceptors (Lipinski definition) is 3. The molecule has 2 N–H and O–H groups in total. The van der Waals surface area contributed by atoms with Crippen molar-refractivity contribution in [2.24, 2.45) is 0 Å². The first-order chi connectivity index (χ1) is 8.68. The summed E-state index contributed by atoms with van der Waals surface area (Å²) in [5.41, 5.74) is 5.35. The number of rotatable bonds is 4. The Morgan fingerprint density at radius 2 is 2.11 bits per heavy atom. The number of benzene rings is 1. The topological polar surface area (TPSA) is 33.3 Å². The van der Waals surface area contributed by atoms with Crippen molar-refractivity contribution in [3.05, 3.63) is 28.8 Å². The third-order valence-corrected chi connectivity index (χ3v) is 3.84. The lowest BCUT2D eigenvalue weighted by Gasteiger charge is -2.24. The van der Waals surface area contributed by atoms with E-state index in [0.717, 1.165) is 32.7 Å². The summed E-state index contributed by atoms with van der Waals surface area (Å²) in [6, 6.07) is 4.36. The van der Waals surface area contributed by atoms with Crippen LogP contribution in [0.2, 0.25) is 0 Å². The van der Waals surface area contributed by atoms with Gasteiger partial charge in [0.2, 0.25) is 0 Å². The Labute approximate surface area is 110 Å². The zero-order valence-electron chi connectivity index (χ0n) is 11.7. The van der Waals surface area contributed by atoms with Crippen LogP contribution in [0.15, 0.2) is 12.1 Å². The van der Waals surface area contributed by atoms with Gasteiger partial charge in [0.25, 0.3) is 0 Å². The van der Waals surface area contributed by atoms with Gasteiger partial charge in [-0.15, -0.1) is 0 Å². The smallest absolute Gasteiger partial charge is 0.0716 e. The van der Waals surface area contributed by atoms with Crippen molar-refractivity contribution in [2.45, 2.75) is 33.3 Å². The van der Waals surface area contributed by atoms with Crippen LogP contribution in [0, 0.1) is 20.8 Å². The SMILES string of the molecule is Cc1ccc(NCCC2CNCCO2)c(C)c1C. The molecular formula is C15H24N2O. The molecule has 1 atom stereocenters. The lowest BCUT2D eigenvalue weighted by atomic mass is 10.0. The molecule has 1 aliphatic rings. The normalized spacial score (nSPS) is 19.8. The third-order valence-electron chi connectivity index (χ3n) is 3.84. The summed E-state index contributed by atoms with van der Waals surface area (Å²) < 4.78 is 5.69. The van der Waals surface area contributed by atoms with E-state index in [4.69, 9.17) is 4.74 Å². The minimum absolute atomic E-state index is 0.359. The second-order valence-electron chi connectivity index (χ2n) is 5.09. The predicted molar refractivity (Wildman–Crippen MR) is 76.4 cm³/mol. The van der Waals surface area contributed by atoms with Gasteiger partial charge >= 0.3 is 0 Å². The molecule has 1 aliphatic heterocycles. The Kier molecular flexibility index (Phi) is 4.61. The molecule has 1 aromatic rings. The predicted octanol–water partition coefficient (Wildman–Crippen LogP) is 2.40. The zero-order valence-corrected chi connectivity index (χ0v) is 11.7. The van der Waals surface area contributed by atoms with Crippen molar-refractivity contribution in [3.8, 4) is 0 Å². The summed E-state index contributed by atoms with van der Waals surface area (Å²) in [6.45, 7) is 10.3. The minimum Gasteiger partial charge on any atom is -0.385 e. The molecule has 100 valence electrons. The Balaban J connectivity index is 1.84. The molecule has 18 heavy (non-hydrogen) atoms. The Hall–Kier alpha value is -1.06. The molecule has 0 aliphatic carbocycles. The van der Waals surface area contributed by atoms with Gasteiger partial charge in [-0.1, -0.05) is 6.07 Å². The molecule has 3 nitrogen and oxygen atoms in total. The number of morpholine rings is 1. The van der Waals surface area contributed by atoms with Gasteiger partial charge in [0.1, 0.15) is 0 Å². The van der Waals surface area contributed by atoms with E-state index in [1.807, 2.05) is 0 Å². The molecule has 2 rings (SSSR count). The van der Waals surface area contributed by atoms with Crippen molar-refractivity contribution in [3.63, 3.8) is 0 Å². The summed E-state index contributed by atoms with van der Waals surface area (Å²) in [6.07, 6.45) is 1.41. The highest BCUT2D eigenvalue weighted by Gasteiger charge is 2.12. The molecular weight excluding hydrogens is 224 g/mol. The Bertz CT molecular complexity index is 398. The summed E-state index contributed by atoms with van der Waals surface area (Å²) >= 11 is 0. The molecule has 1 saturated heterocycles. The van der Waals surface area contributed by atoms with Crippen LogP contribution >= 0.6 is 0 Å². The highest BCUT2D eigenvalue weighted by Crippen LogP contribution is 2.21. The fraction of sp³-hybridized carbons (Fsp3) is 0.600. The molecule has 3 heteroatoms. The summed E-state index contributed by atoms with van der Waals surface area (Å²) in [5, 5.41) is 6.88. The fourth-order valence-electron chi connectivity index (χ4n) is 2.32. The van der Waals surface area contributed by atoms with E-state index in [1.165, 1.54) is 22.4 Å². The van der Waals surface area contributed by atoms with Crippen molar-refractivity contribution in [1.29, 1.82) is 0 Å². The van der Waals surface area contributed by atoms with Crippen molar-refractivity contribution >= 4 is 5.69 Å². The largest absolute Gasteiger partial charge is 0.385 e. The first kappa shape index (κ1) is 13.4. The standard InChI is InChI=1S/C15H24N2O/c1-11-4-5-15(13(3)12(11)2)17-7-6-14-10-16-8-9-18-14/h4-5,14,16-17H,6-10H2,1-3H3. The van der Waals surface area contributed by atoms with Gasteiger partial charge in [-0.05, 0) is 49.9 Å². The van der Waals surface area contributed by atoms with E-state index < -0.39 is 0 Å². The first-order valence-electron chi connectivity index (χ1n) is 6.81. The summed E-state index contributed by atoms with van der Waals surface area (Å²) in [4.78, 5) is 0. The van der Waals surface area contributed by atoms with Gasteiger partial charge < -0.3 is 15.4 Å². The fourth-order valence-corrected chi connectivity index (χ4v) is 2.32. The van der Waals surface area contributed by atoms with Gasteiger partial charge in [-0.25, -0.2) is 0 Å². The van der Waals surface area contributed by atoms with Crippen LogP contribution in [0.5, 0.6) is 0 Å². The number of anilines is 1. The highest BCUT2D eigenvalue weighted by molar-refractivity contribution is 5.55. The van der Waals surface area contributed by atoms with Crippen molar-refractivity contribution in [2.75, 3.05) is 31.6 Å². The van der Waals surface area contributed by atoms with E-state index in [2.05, 4.69) is 43.5 Å². The number of aryl methyl sites for hydroxylation is 1. The van der Waals surface area contributed by atoms with E-state index in [-0.39, 0.29) is 0 Å². The van der Waals surface area contributed by atoms with Crippen LogP contribution in [0.3, 0.4) is 0 Å². The third kappa shape index (κ3) is 3.24. The molecule has 1 fully saturated rings. The first-order valence-corrected chi connectivity index (χ1v) is 6.81. The molecule has 1 heterocycles. The van der Waals surface area contributed by atoms with Gasteiger partial charge in [0.15, 0.2) is 0 Å². The van der Waals surface area contributed by atoms with Crippen LogP contribution in [0.1, 0.15) is 23.1 Å². The van der Waals surface area contributed by atoms with Crippen LogP contribution in [-0.2, 0) is 4.74 Å². The zero-order chi connectivity index (χ0) is 13.0. The molecule has 0 radical (unpaired) electrons. The lowest BCUT2D eigenvalue weighted by Crippen LogP contribution is -2.39. The maximum absolute atomic E-state index is 5.69. The maximum atomic E-state index is 5.69. The van der Waals surface area contributed by atoms with Gasteiger partial charge in [-0.2, -0.15) is 0 Å². The van der Waals surface area contributed by atoms with Gasteiger partial charge in [0, 0.05) is 25.3 Å². The van der Waals surface area contributed by atoms with Gasteiger partial charge in [0.05, 0.1) is 12.7 Å². The average Bonchev–Trinajstić information content (AvgIpc) is 2.40. The second kappa shape index (κ2) is 6.21. The molecule has 0 aromatic heterocycles. The van der Waals surface area contributed by atoms with Crippen LogP contribution in [0.25, 0.3) is 0 Å². The minimum atomic E-state index is 0.359. The summed E-state index contributed by atoms with van der Waals surface area (Å²) in [5.74, 6) is 0. The molecule has 0 bridgehead atoms. The van der Waals surface area contributed by atoms with Crippen LogP contribution in [-0.4, -0.2) is 32.3 Å². The Morgan fingerprint density at radius 1 is 1.28 bits per heavy atom. The monoisotopic (exact) mass is 248 g/mol. The molecule has 0 saturated carbocycles. The van der Waals surface area contributed by atoms with Crippen molar-refractivity contribution < 1.29 is 4.74 Å². The maximum Gasteiger partial charge on any atom is 0.0716 e. The molecule has 1 aromatic carbocycles. The molecule has 1 unspecified atom stereocenters. The van der Waals surface area contributed by atoms with Gasteiger partial charge in [-0.3, -0.25) is 0 Å². The second-order valence-corrected chi connectivity index (χ2v) is 5.09. The summed E-state index contributed by atoms with van der Waals surface area (Å²) in [7, 11) is 0.